The number of rotatable bonds is 4. The van der Waals surface area contributed by atoms with E-state index in [9.17, 15) is 23.2 Å². The fourth-order valence-corrected chi connectivity index (χ4v) is 3.94. The van der Waals surface area contributed by atoms with Crippen LogP contribution in [0, 0.1) is 11.6 Å². The fraction of sp³-hybridized carbons (Fsp3) is 0.261. The fourth-order valence-electron chi connectivity index (χ4n) is 3.94. The zero-order valence-corrected chi connectivity index (χ0v) is 16.7. The lowest BCUT2D eigenvalue weighted by molar-refractivity contribution is -0.127. The SMILES string of the molecule is O=C(/C=C/c1cc(F)ccc1F)N1CCC(N2CC(=O)N(c3ccccc3)C2=O)CC1. The Kier molecular flexibility index (Phi) is 5.79. The number of imide groups is 1. The van der Waals surface area contributed by atoms with Crippen molar-refractivity contribution < 1.29 is 23.2 Å². The molecule has 8 heteroatoms. The van der Waals surface area contributed by atoms with Crippen LogP contribution in [0.4, 0.5) is 19.3 Å². The van der Waals surface area contributed by atoms with Gasteiger partial charge in [-0.3, -0.25) is 9.59 Å². The molecule has 2 saturated heterocycles. The van der Waals surface area contributed by atoms with Crippen LogP contribution in [0.2, 0.25) is 0 Å². The highest BCUT2D eigenvalue weighted by Gasteiger charge is 2.41. The average molecular weight is 425 g/mol. The van der Waals surface area contributed by atoms with Crippen LogP contribution in [-0.2, 0) is 9.59 Å². The average Bonchev–Trinajstić information content (AvgIpc) is 3.08. The topological polar surface area (TPSA) is 60.9 Å². The number of likely N-dealkylation sites (tertiary alicyclic amines) is 1. The molecule has 2 fully saturated rings. The molecule has 2 heterocycles. The number of amides is 4. The number of hydrogen-bond donors (Lipinski definition) is 0. The number of urea groups is 1. The smallest absolute Gasteiger partial charge is 0.332 e. The van der Waals surface area contributed by atoms with Gasteiger partial charge in [-0.2, -0.15) is 0 Å². The van der Waals surface area contributed by atoms with E-state index < -0.39 is 11.6 Å². The standard InChI is InChI=1S/C23H21F2N3O3/c24-17-7-8-20(25)16(14-17)6-9-21(29)26-12-10-18(11-13-26)27-15-22(30)28(23(27)31)19-4-2-1-3-5-19/h1-9,14,18H,10-13,15H2/b9-6+. The number of benzene rings is 2. The van der Waals surface area contributed by atoms with Gasteiger partial charge in [0.2, 0.25) is 5.91 Å². The zero-order chi connectivity index (χ0) is 22.0. The Labute approximate surface area is 178 Å². The largest absolute Gasteiger partial charge is 0.339 e. The molecule has 31 heavy (non-hydrogen) atoms. The van der Waals surface area contributed by atoms with Gasteiger partial charge in [0.25, 0.3) is 5.91 Å². The molecule has 0 aromatic heterocycles. The summed E-state index contributed by atoms with van der Waals surface area (Å²) in [7, 11) is 0. The summed E-state index contributed by atoms with van der Waals surface area (Å²) in [5.41, 5.74) is 0.549. The van der Waals surface area contributed by atoms with Crippen molar-refractivity contribution in [2.75, 3.05) is 24.5 Å². The summed E-state index contributed by atoms with van der Waals surface area (Å²) in [5.74, 6) is -1.76. The van der Waals surface area contributed by atoms with E-state index in [2.05, 4.69) is 0 Å². The highest BCUT2D eigenvalue weighted by Crippen LogP contribution is 2.26. The molecule has 6 nitrogen and oxygen atoms in total. The zero-order valence-electron chi connectivity index (χ0n) is 16.7. The summed E-state index contributed by atoms with van der Waals surface area (Å²) in [6, 6.07) is 11.4. The maximum absolute atomic E-state index is 13.7. The Morgan fingerprint density at radius 2 is 1.71 bits per heavy atom. The first-order chi connectivity index (χ1) is 14.9. The third-order valence-electron chi connectivity index (χ3n) is 5.59. The van der Waals surface area contributed by atoms with Gasteiger partial charge in [0.1, 0.15) is 18.2 Å². The molecule has 4 amide bonds. The highest BCUT2D eigenvalue weighted by atomic mass is 19.1. The summed E-state index contributed by atoms with van der Waals surface area (Å²) >= 11 is 0. The number of carbonyl (C=O) groups excluding carboxylic acids is 3. The molecule has 0 spiro atoms. The van der Waals surface area contributed by atoms with Gasteiger partial charge in [-0.25, -0.2) is 18.5 Å². The Morgan fingerprint density at radius 3 is 2.42 bits per heavy atom. The minimum absolute atomic E-state index is 0.00501. The van der Waals surface area contributed by atoms with Crippen molar-refractivity contribution in [1.29, 1.82) is 0 Å². The lowest BCUT2D eigenvalue weighted by Crippen LogP contribution is -2.47. The number of hydrogen-bond acceptors (Lipinski definition) is 3. The quantitative estimate of drug-likeness (QED) is 0.557. The van der Waals surface area contributed by atoms with Gasteiger partial charge in [0, 0.05) is 30.8 Å². The third-order valence-corrected chi connectivity index (χ3v) is 5.59. The second-order valence-corrected chi connectivity index (χ2v) is 7.53. The molecule has 0 aliphatic carbocycles. The van der Waals surface area contributed by atoms with Crippen molar-refractivity contribution in [3.8, 4) is 0 Å². The van der Waals surface area contributed by atoms with E-state index in [4.69, 9.17) is 0 Å². The van der Waals surface area contributed by atoms with Gasteiger partial charge in [0.15, 0.2) is 0 Å². The van der Waals surface area contributed by atoms with E-state index >= 15 is 0 Å². The van der Waals surface area contributed by atoms with E-state index in [0.29, 0.717) is 31.6 Å². The van der Waals surface area contributed by atoms with Gasteiger partial charge in [-0.15, -0.1) is 0 Å². The van der Waals surface area contributed by atoms with Crippen LogP contribution in [0.5, 0.6) is 0 Å². The maximum atomic E-state index is 13.7. The van der Waals surface area contributed by atoms with Gasteiger partial charge >= 0.3 is 6.03 Å². The third kappa shape index (κ3) is 4.33. The number of piperidine rings is 1. The molecular formula is C23H21F2N3O3. The van der Waals surface area contributed by atoms with Crippen LogP contribution < -0.4 is 4.90 Å². The first-order valence-electron chi connectivity index (χ1n) is 10.0. The minimum Gasteiger partial charge on any atom is -0.339 e. The number of halogens is 2. The Morgan fingerprint density at radius 1 is 1.00 bits per heavy atom. The summed E-state index contributed by atoms with van der Waals surface area (Å²) in [6.07, 6.45) is 3.55. The monoisotopic (exact) mass is 425 g/mol. The first kappa shape index (κ1) is 20.7. The van der Waals surface area contributed by atoms with Crippen LogP contribution in [0.15, 0.2) is 54.6 Å². The second-order valence-electron chi connectivity index (χ2n) is 7.53. The van der Waals surface area contributed by atoms with Gasteiger partial charge in [-0.05, 0) is 49.2 Å². The predicted octanol–water partition coefficient (Wildman–Crippen LogP) is 3.44. The van der Waals surface area contributed by atoms with E-state index in [1.165, 1.54) is 17.1 Å². The lowest BCUT2D eigenvalue weighted by Gasteiger charge is -2.35. The Hall–Kier alpha value is -3.55. The molecule has 2 aromatic carbocycles. The van der Waals surface area contributed by atoms with Crippen molar-refractivity contribution in [2.45, 2.75) is 18.9 Å². The number of nitrogens with zero attached hydrogens (tertiary/aromatic N) is 3. The molecular weight excluding hydrogens is 404 g/mol. The van der Waals surface area contributed by atoms with Crippen molar-refractivity contribution in [2.24, 2.45) is 0 Å². The summed E-state index contributed by atoms with van der Waals surface area (Å²) in [6.45, 7) is 0.830. The number of anilines is 1. The van der Waals surface area contributed by atoms with E-state index in [1.807, 2.05) is 6.07 Å². The molecule has 2 aliphatic rings. The molecule has 0 unspecified atom stereocenters. The lowest BCUT2D eigenvalue weighted by atomic mass is 10.0. The summed E-state index contributed by atoms with van der Waals surface area (Å²) in [4.78, 5) is 42.0. The molecule has 2 aromatic rings. The van der Waals surface area contributed by atoms with Crippen molar-refractivity contribution in [3.63, 3.8) is 0 Å². The van der Waals surface area contributed by atoms with Crippen LogP contribution >= 0.6 is 0 Å². The van der Waals surface area contributed by atoms with Gasteiger partial charge in [-0.1, -0.05) is 18.2 Å². The summed E-state index contributed by atoms with van der Waals surface area (Å²) in [5, 5.41) is 0. The highest BCUT2D eigenvalue weighted by molar-refractivity contribution is 6.19. The molecule has 4 rings (SSSR count). The molecule has 0 bridgehead atoms. The van der Waals surface area contributed by atoms with E-state index in [1.54, 1.807) is 34.1 Å². The van der Waals surface area contributed by atoms with Gasteiger partial charge < -0.3 is 9.80 Å². The maximum Gasteiger partial charge on any atom is 0.332 e. The molecule has 0 N–H and O–H groups in total. The molecule has 0 radical (unpaired) electrons. The van der Waals surface area contributed by atoms with Crippen LogP contribution in [0.25, 0.3) is 6.08 Å². The second kappa shape index (κ2) is 8.67. The van der Waals surface area contributed by atoms with E-state index in [-0.39, 0.29) is 36.0 Å². The van der Waals surface area contributed by atoms with E-state index in [0.717, 1.165) is 18.2 Å². The Bertz CT molecular complexity index is 1030. The normalized spacial score (nSPS) is 17.8. The van der Waals surface area contributed by atoms with Gasteiger partial charge in [0.05, 0.1) is 5.69 Å². The molecule has 160 valence electrons. The Balaban J connectivity index is 1.36. The van der Waals surface area contributed by atoms with Crippen LogP contribution in [0.3, 0.4) is 0 Å². The molecule has 0 saturated carbocycles. The predicted molar refractivity (Wildman–Crippen MR) is 111 cm³/mol. The van der Waals surface area contributed by atoms with Crippen molar-refractivity contribution >= 4 is 29.6 Å². The summed E-state index contributed by atoms with van der Waals surface area (Å²) < 4.78 is 27.0. The van der Waals surface area contributed by atoms with Crippen molar-refractivity contribution in [3.05, 3.63) is 71.8 Å². The van der Waals surface area contributed by atoms with Crippen molar-refractivity contribution in [1.82, 2.24) is 9.80 Å². The molecule has 2 aliphatic heterocycles. The van der Waals surface area contributed by atoms with Crippen LogP contribution in [0.1, 0.15) is 18.4 Å². The van der Waals surface area contributed by atoms with Crippen LogP contribution in [-0.4, -0.2) is 53.3 Å². The first-order valence-corrected chi connectivity index (χ1v) is 10.0. The minimum atomic E-state index is -0.607. The number of para-hydroxylation sites is 1. The number of carbonyl (C=O) groups is 3. The molecule has 0 atom stereocenters.